The van der Waals surface area contributed by atoms with E-state index in [1.807, 2.05) is 18.2 Å². The second kappa shape index (κ2) is 9.07. The minimum absolute atomic E-state index is 0. The molecule has 2 aromatic carbocycles. The summed E-state index contributed by atoms with van der Waals surface area (Å²) < 4.78 is 5.46. The van der Waals surface area contributed by atoms with Crippen molar-refractivity contribution >= 4 is 30.0 Å². The molecule has 0 N–H and O–H groups in total. The highest BCUT2D eigenvalue weighted by molar-refractivity contribution is 6.30. The lowest BCUT2D eigenvalue weighted by molar-refractivity contribution is 0.0471. The molecule has 2 aromatic rings. The molecule has 0 atom stereocenters. The summed E-state index contributed by atoms with van der Waals surface area (Å²) in [4.78, 5) is 14.6. The number of halogens is 2. The summed E-state index contributed by atoms with van der Waals surface area (Å²) in [5.74, 6) is -0.322. The van der Waals surface area contributed by atoms with E-state index in [4.69, 9.17) is 16.3 Å². The molecule has 0 spiro atoms. The largest absolute Gasteiger partial charge is 0.457 e. The number of hydrogen-bond acceptors (Lipinski definition) is 3. The summed E-state index contributed by atoms with van der Waals surface area (Å²) >= 11 is 5.83. The summed E-state index contributed by atoms with van der Waals surface area (Å²) in [6, 6.07) is 14.9. The highest BCUT2D eigenvalue weighted by atomic mass is 35.5. The standard InChI is InChI=1S/C19H20ClNO2.ClH/c20-18-9-7-15(8-10-18)19(22)23-14-17-6-2-1-5-16(17)13-21-11-3-4-12-21;/h1-2,5-10H,3-4,11-14H2;1H. The smallest absolute Gasteiger partial charge is 0.338 e. The van der Waals surface area contributed by atoms with E-state index in [9.17, 15) is 4.79 Å². The first kappa shape index (κ1) is 18.8. The van der Waals surface area contributed by atoms with Crippen LogP contribution >= 0.6 is 24.0 Å². The molecule has 128 valence electrons. The fraction of sp³-hybridized carbons (Fsp3) is 0.316. The Morgan fingerprint density at radius 2 is 1.62 bits per heavy atom. The molecule has 24 heavy (non-hydrogen) atoms. The maximum atomic E-state index is 12.1. The predicted molar refractivity (Wildman–Crippen MR) is 98.8 cm³/mol. The van der Waals surface area contributed by atoms with Gasteiger partial charge in [-0.3, -0.25) is 4.90 Å². The molecular formula is C19H21Cl2NO2. The van der Waals surface area contributed by atoms with E-state index in [0.29, 0.717) is 17.2 Å². The van der Waals surface area contributed by atoms with Gasteiger partial charge in [-0.15, -0.1) is 12.4 Å². The van der Waals surface area contributed by atoms with Crippen molar-refractivity contribution in [1.29, 1.82) is 0 Å². The van der Waals surface area contributed by atoms with Crippen LogP contribution in [0, 0.1) is 0 Å². The molecule has 1 aliphatic heterocycles. The first-order valence-corrected chi connectivity index (χ1v) is 8.32. The molecular weight excluding hydrogens is 345 g/mol. The molecule has 1 fully saturated rings. The normalized spacial score (nSPS) is 14.2. The van der Waals surface area contributed by atoms with Gasteiger partial charge in [0.15, 0.2) is 0 Å². The lowest BCUT2D eigenvalue weighted by atomic mass is 10.1. The van der Waals surface area contributed by atoms with Crippen molar-refractivity contribution in [2.24, 2.45) is 0 Å². The van der Waals surface area contributed by atoms with Crippen LogP contribution in [0.5, 0.6) is 0 Å². The molecule has 0 radical (unpaired) electrons. The summed E-state index contributed by atoms with van der Waals surface area (Å²) in [6.07, 6.45) is 2.54. The number of carbonyl (C=O) groups excluding carboxylic acids is 1. The fourth-order valence-electron chi connectivity index (χ4n) is 2.85. The predicted octanol–water partition coefficient (Wildman–Crippen LogP) is 4.71. The van der Waals surface area contributed by atoms with Gasteiger partial charge >= 0.3 is 5.97 Å². The van der Waals surface area contributed by atoms with E-state index in [1.54, 1.807) is 24.3 Å². The lowest BCUT2D eigenvalue weighted by Crippen LogP contribution is -2.19. The Bertz CT molecular complexity index is 667. The molecule has 3 rings (SSSR count). The summed E-state index contributed by atoms with van der Waals surface area (Å²) in [5.41, 5.74) is 2.83. The maximum absolute atomic E-state index is 12.1. The van der Waals surface area contributed by atoms with Gasteiger partial charge in [-0.2, -0.15) is 0 Å². The van der Waals surface area contributed by atoms with Crippen LogP contribution in [0.3, 0.4) is 0 Å². The zero-order valence-electron chi connectivity index (χ0n) is 13.4. The van der Waals surface area contributed by atoms with Crippen molar-refractivity contribution in [2.45, 2.75) is 26.0 Å². The fourth-order valence-corrected chi connectivity index (χ4v) is 2.97. The first-order chi connectivity index (χ1) is 11.2. The Hall–Kier alpha value is -1.55. The second-order valence-corrected chi connectivity index (χ2v) is 6.27. The van der Waals surface area contributed by atoms with Gasteiger partial charge in [0.1, 0.15) is 6.61 Å². The number of rotatable bonds is 5. The second-order valence-electron chi connectivity index (χ2n) is 5.83. The van der Waals surface area contributed by atoms with Gasteiger partial charge in [0.2, 0.25) is 0 Å². The number of benzene rings is 2. The number of esters is 1. The third kappa shape index (κ3) is 4.97. The highest BCUT2D eigenvalue weighted by Gasteiger charge is 2.14. The molecule has 0 unspecified atom stereocenters. The summed E-state index contributed by atoms with van der Waals surface area (Å²) in [5, 5.41) is 0.609. The minimum Gasteiger partial charge on any atom is -0.457 e. The number of likely N-dealkylation sites (tertiary alicyclic amines) is 1. The van der Waals surface area contributed by atoms with Gasteiger partial charge in [-0.1, -0.05) is 35.9 Å². The Morgan fingerprint density at radius 3 is 2.29 bits per heavy atom. The number of hydrogen-bond donors (Lipinski definition) is 0. The van der Waals surface area contributed by atoms with E-state index in [2.05, 4.69) is 11.0 Å². The minimum atomic E-state index is -0.322. The third-order valence-electron chi connectivity index (χ3n) is 4.15. The molecule has 0 bridgehead atoms. The SMILES string of the molecule is Cl.O=C(OCc1ccccc1CN1CCCC1)c1ccc(Cl)cc1. The Morgan fingerprint density at radius 1 is 1.00 bits per heavy atom. The maximum Gasteiger partial charge on any atom is 0.338 e. The molecule has 1 heterocycles. The first-order valence-electron chi connectivity index (χ1n) is 7.94. The molecule has 1 saturated heterocycles. The molecule has 0 aromatic heterocycles. The van der Waals surface area contributed by atoms with E-state index in [0.717, 1.165) is 25.2 Å². The zero-order chi connectivity index (χ0) is 16.1. The van der Waals surface area contributed by atoms with Gasteiger partial charge in [-0.05, 0) is 61.3 Å². The van der Waals surface area contributed by atoms with Crippen molar-refractivity contribution in [3.63, 3.8) is 0 Å². The van der Waals surface area contributed by atoms with E-state index >= 15 is 0 Å². The Kier molecular flexibility index (Phi) is 7.10. The van der Waals surface area contributed by atoms with Crippen LogP contribution in [-0.4, -0.2) is 24.0 Å². The van der Waals surface area contributed by atoms with E-state index < -0.39 is 0 Å². The summed E-state index contributed by atoms with van der Waals surface area (Å²) in [6.45, 7) is 3.53. The molecule has 1 aliphatic rings. The van der Waals surface area contributed by atoms with Crippen LogP contribution in [-0.2, 0) is 17.9 Å². The monoisotopic (exact) mass is 365 g/mol. The van der Waals surface area contributed by atoms with E-state index in [1.165, 1.54) is 18.4 Å². The van der Waals surface area contributed by atoms with Crippen molar-refractivity contribution in [3.8, 4) is 0 Å². The van der Waals surface area contributed by atoms with Crippen molar-refractivity contribution in [1.82, 2.24) is 4.90 Å². The van der Waals surface area contributed by atoms with Crippen LogP contribution in [0.25, 0.3) is 0 Å². The van der Waals surface area contributed by atoms with Gasteiger partial charge in [0.25, 0.3) is 0 Å². The van der Waals surface area contributed by atoms with Gasteiger partial charge in [0.05, 0.1) is 5.56 Å². The van der Waals surface area contributed by atoms with Crippen LogP contribution in [0.4, 0.5) is 0 Å². The molecule has 3 nitrogen and oxygen atoms in total. The van der Waals surface area contributed by atoms with Gasteiger partial charge in [-0.25, -0.2) is 4.79 Å². The number of nitrogens with zero attached hydrogens (tertiary/aromatic N) is 1. The van der Waals surface area contributed by atoms with Crippen LogP contribution in [0.2, 0.25) is 5.02 Å². The summed E-state index contributed by atoms with van der Waals surface area (Å²) in [7, 11) is 0. The van der Waals surface area contributed by atoms with Crippen molar-refractivity contribution in [3.05, 3.63) is 70.2 Å². The Balaban J connectivity index is 0.00000208. The average Bonchev–Trinajstić information content (AvgIpc) is 3.07. The molecule has 5 heteroatoms. The lowest BCUT2D eigenvalue weighted by Gasteiger charge is -2.17. The molecule has 0 saturated carbocycles. The van der Waals surface area contributed by atoms with Crippen LogP contribution in [0.15, 0.2) is 48.5 Å². The van der Waals surface area contributed by atoms with E-state index in [-0.39, 0.29) is 18.4 Å². The van der Waals surface area contributed by atoms with Gasteiger partial charge < -0.3 is 4.74 Å². The Labute approximate surface area is 154 Å². The van der Waals surface area contributed by atoms with Crippen LogP contribution < -0.4 is 0 Å². The highest BCUT2D eigenvalue weighted by Crippen LogP contribution is 2.18. The number of carbonyl (C=O) groups is 1. The van der Waals surface area contributed by atoms with Gasteiger partial charge in [0, 0.05) is 11.6 Å². The average molecular weight is 366 g/mol. The number of ether oxygens (including phenoxy) is 1. The van der Waals surface area contributed by atoms with Crippen molar-refractivity contribution in [2.75, 3.05) is 13.1 Å². The molecule has 0 aliphatic carbocycles. The van der Waals surface area contributed by atoms with Crippen molar-refractivity contribution < 1.29 is 9.53 Å². The third-order valence-corrected chi connectivity index (χ3v) is 4.40. The topological polar surface area (TPSA) is 29.5 Å². The quantitative estimate of drug-likeness (QED) is 0.718. The molecule has 0 amide bonds. The zero-order valence-corrected chi connectivity index (χ0v) is 15.0. The van der Waals surface area contributed by atoms with Crippen LogP contribution in [0.1, 0.15) is 34.3 Å².